The minimum absolute atomic E-state index is 0.370. The number of benzene rings is 3. The van der Waals surface area contributed by atoms with Crippen LogP contribution in [0.25, 0.3) is 5.69 Å². The molecule has 6 aromatic rings. The molecule has 3 aromatic carbocycles. The van der Waals surface area contributed by atoms with Gasteiger partial charge in [-0.15, -0.1) is 0 Å². The summed E-state index contributed by atoms with van der Waals surface area (Å²) in [6.45, 7) is 4.49. The van der Waals surface area contributed by atoms with E-state index in [1.807, 2.05) is 65.9 Å². The van der Waals surface area contributed by atoms with Gasteiger partial charge in [0.1, 0.15) is 5.82 Å². The van der Waals surface area contributed by atoms with E-state index in [-0.39, 0.29) is 5.41 Å². The normalized spacial score (nSPS) is 11.3. The van der Waals surface area contributed by atoms with E-state index in [1.54, 1.807) is 6.20 Å². The Morgan fingerprint density at radius 2 is 1.32 bits per heavy atom. The summed E-state index contributed by atoms with van der Waals surface area (Å²) in [7, 11) is 2.06. The van der Waals surface area contributed by atoms with Gasteiger partial charge in [-0.2, -0.15) is 5.10 Å². The summed E-state index contributed by atoms with van der Waals surface area (Å²) in [4.78, 5) is 13.7. The van der Waals surface area contributed by atoms with Gasteiger partial charge in [0.2, 0.25) is 0 Å². The number of anilines is 5. The molecule has 6 rings (SSSR count). The minimum Gasteiger partial charge on any atom is -0.329 e. The van der Waals surface area contributed by atoms with Gasteiger partial charge in [0.05, 0.1) is 11.9 Å². The zero-order valence-corrected chi connectivity index (χ0v) is 23.5. The van der Waals surface area contributed by atoms with E-state index in [4.69, 9.17) is 0 Å². The molecule has 0 atom stereocenters. The van der Waals surface area contributed by atoms with Crippen LogP contribution in [0.1, 0.15) is 25.0 Å². The average molecular weight is 537 g/mol. The number of nitrogens with zero attached hydrogens (tertiary/aromatic N) is 6. The molecule has 0 aliphatic heterocycles. The molecule has 0 saturated carbocycles. The number of hydrogen-bond donors (Lipinski definition) is 0. The van der Waals surface area contributed by atoms with E-state index in [2.05, 4.69) is 119 Å². The van der Waals surface area contributed by atoms with E-state index in [1.165, 1.54) is 0 Å². The number of rotatable bonds is 8. The standard InChI is InChI=1S/C35H32N6/c1-35(2,28-23-33(26-36-25-28)40-20-12-19-38-40)27-21-31(39(3)34-17-10-11-18-37-34)24-32(22-27)41(29-13-6-4-7-14-29)30-15-8-5-9-16-30/h4-26H,1-3H3. The summed E-state index contributed by atoms with van der Waals surface area (Å²) < 4.78 is 1.84. The first kappa shape index (κ1) is 26.0. The molecule has 0 amide bonds. The number of pyridine rings is 2. The van der Waals surface area contributed by atoms with Gasteiger partial charge in [0.25, 0.3) is 0 Å². The Morgan fingerprint density at radius 3 is 1.95 bits per heavy atom. The number of para-hydroxylation sites is 2. The van der Waals surface area contributed by atoms with E-state index >= 15 is 0 Å². The highest BCUT2D eigenvalue weighted by Gasteiger charge is 2.27. The molecular formula is C35H32N6. The maximum atomic E-state index is 4.63. The predicted molar refractivity (Wildman–Crippen MR) is 167 cm³/mol. The maximum Gasteiger partial charge on any atom is 0.132 e. The topological polar surface area (TPSA) is 50.1 Å². The summed E-state index contributed by atoms with van der Waals surface area (Å²) >= 11 is 0. The van der Waals surface area contributed by atoms with Crippen LogP contribution in [0.5, 0.6) is 0 Å². The van der Waals surface area contributed by atoms with E-state index < -0.39 is 0 Å². The molecule has 0 aliphatic carbocycles. The summed E-state index contributed by atoms with van der Waals surface area (Å²) in [5, 5.41) is 4.41. The largest absolute Gasteiger partial charge is 0.329 e. The molecule has 0 aliphatic rings. The fourth-order valence-corrected chi connectivity index (χ4v) is 5.05. The van der Waals surface area contributed by atoms with Crippen molar-refractivity contribution in [1.29, 1.82) is 0 Å². The lowest BCUT2D eigenvalue weighted by molar-refractivity contribution is 0.636. The summed E-state index contributed by atoms with van der Waals surface area (Å²) in [6, 6.07) is 37.8. The summed E-state index contributed by atoms with van der Waals surface area (Å²) in [5.41, 5.74) is 7.08. The van der Waals surface area contributed by atoms with Gasteiger partial charge < -0.3 is 9.80 Å². The van der Waals surface area contributed by atoms with Gasteiger partial charge in [-0.05, 0) is 77.9 Å². The predicted octanol–water partition coefficient (Wildman–Crippen LogP) is 8.23. The maximum absolute atomic E-state index is 4.63. The average Bonchev–Trinajstić information content (AvgIpc) is 3.58. The summed E-state index contributed by atoms with van der Waals surface area (Å²) in [5.74, 6) is 0.877. The Kier molecular flexibility index (Phi) is 7.04. The molecule has 202 valence electrons. The molecular weight excluding hydrogens is 504 g/mol. The van der Waals surface area contributed by atoms with Crippen molar-refractivity contribution in [3.63, 3.8) is 0 Å². The van der Waals surface area contributed by atoms with Crippen molar-refractivity contribution in [3.8, 4) is 5.69 Å². The van der Waals surface area contributed by atoms with Crippen LogP contribution in [-0.4, -0.2) is 26.8 Å². The molecule has 0 N–H and O–H groups in total. The third-order valence-electron chi connectivity index (χ3n) is 7.51. The Labute approximate surface area is 241 Å². The highest BCUT2D eigenvalue weighted by Crippen LogP contribution is 2.42. The van der Waals surface area contributed by atoms with Crippen LogP contribution in [-0.2, 0) is 5.41 Å². The Bertz CT molecular complexity index is 1680. The molecule has 0 saturated heterocycles. The van der Waals surface area contributed by atoms with Crippen LogP contribution < -0.4 is 9.80 Å². The zero-order valence-electron chi connectivity index (χ0n) is 23.5. The monoisotopic (exact) mass is 536 g/mol. The lowest BCUT2D eigenvalue weighted by atomic mass is 9.78. The van der Waals surface area contributed by atoms with Crippen molar-refractivity contribution in [2.24, 2.45) is 0 Å². The highest BCUT2D eigenvalue weighted by molar-refractivity contribution is 5.80. The second-order valence-electron chi connectivity index (χ2n) is 10.5. The zero-order chi connectivity index (χ0) is 28.2. The fourth-order valence-electron chi connectivity index (χ4n) is 5.05. The highest BCUT2D eigenvalue weighted by atomic mass is 15.3. The lowest BCUT2D eigenvalue weighted by Crippen LogP contribution is -2.22. The Balaban J connectivity index is 1.54. The Hall–Kier alpha value is -5.23. The molecule has 0 spiro atoms. The molecule has 3 aromatic heterocycles. The van der Waals surface area contributed by atoms with Gasteiger partial charge in [-0.1, -0.05) is 56.3 Å². The first-order chi connectivity index (χ1) is 20.0. The quantitative estimate of drug-likeness (QED) is 0.196. The first-order valence-corrected chi connectivity index (χ1v) is 13.7. The number of hydrogen-bond acceptors (Lipinski definition) is 5. The lowest BCUT2D eigenvalue weighted by Gasteiger charge is -2.32. The molecule has 0 fully saturated rings. The van der Waals surface area contributed by atoms with Gasteiger partial charge in [-0.25, -0.2) is 9.67 Å². The van der Waals surface area contributed by atoms with E-state index in [0.29, 0.717) is 0 Å². The van der Waals surface area contributed by atoms with Crippen molar-refractivity contribution in [2.75, 3.05) is 16.8 Å². The Morgan fingerprint density at radius 1 is 0.634 bits per heavy atom. The van der Waals surface area contributed by atoms with Crippen LogP contribution in [0, 0.1) is 0 Å². The fraction of sp³-hybridized carbons (Fsp3) is 0.114. The summed E-state index contributed by atoms with van der Waals surface area (Å²) in [6.07, 6.45) is 9.34. The van der Waals surface area contributed by atoms with E-state index in [0.717, 1.165) is 45.4 Å². The van der Waals surface area contributed by atoms with Crippen molar-refractivity contribution in [1.82, 2.24) is 19.7 Å². The second-order valence-corrected chi connectivity index (χ2v) is 10.5. The van der Waals surface area contributed by atoms with Crippen LogP contribution in [0.15, 0.2) is 140 Å². The van der Waals surface area contributed by atoms with Crippen molar-refractivity contribution in [2.45, 2.75) is 19.3 Å². The van der Waals surface area contributed by atoms with Crippen LogP contribution >= 0.6 is 0 Å². The molecule has 41 heavy (non-hydrogen) atoms. The van der Waals surface area contributed by atoms with Gasteiger partial charge in [0.15, 0.2) is 0 Å². The van der Waals surface area contributed by atoms with Gasteiger partial charge in [-0.3, -0.25) is 4.98 Å². The van der Waals surface area contributed by atoms with Crippen LogP contribution in [0.3, 0.4) is 0 Å². The van der Waals surface area contributed by atoms with Crippen LogP contribution in [0.4, 0.5) is 28.6 Å². The molecule has 0 bridgehead atoms. The third kappa shape index (κ3) is 5.32. The second kappa shape index (κ2) is 11.1. The van der Waals surface area contributed by atoms with Crippen LogP contribution in [0.2, 0.25) is 0 Å². The van der Waals surface area contributed by atoms with E-state index in [9.17, 15) is 0 Å². The SMILES string of the molecule is CN(c1cc(N(c2ccccc2)c2ccccc2)cc(C(C)(C)c2cncc(-n3cccn3)c2)c1)c1ccccn1. The third-order valence-corrected chi connectivity index (χ3v) is 7.51. The molecule has 3 heterocycles. The van der Waals surface area contributed by atoms with Crippen molar-refractivity contribution < 1.29 is 0 Å². The van der Waals surface area contributed by atoms with Crippen molar-refractivity contribution in [3.05, 3.63) is 151 Å². The smallest absolute Gasteiger partial charge is 0.132 e. The molecule has 6 heteroatoms. The van der Waals surface area contributed by atoms with Gasteiger partial charge >= 0.3 is 0 Å². The first-order valence-electron chi connectivity index (χ1n) is 13.7. The molecule has 0 unspecified atom stereocenters. The minimum atomic E-state index is -0.370. The molecule has 6 nitrogen and oxygen atoms in total. The number of aromatic nitrogens is 4. The molecule has 0 radical (unpaired) electrons. The van der Waals surface area contributed by atoms with Crippen molar-refractivity contribution >= 4 is 28.6 Å². The van der Waals surface area contributed by atoms with Gasteiger partial charge in [0, 0.05) is 60.0 Å².